The lowest BCUT2D eigenvalue weighted by Gasteiger charge is -2.49. The number of hydrogen-bond donors (Lipinski definition) is 1. The molecular formula is C23H28N6O6. The lowest BCUT2D eigenvalue weighted by molar-refractivity contribution is -0.385. The third-order valence-electron chi connectivity index (χ3n) is 6.15. The van der Waals surface area contributed by atoms with Gasteiger partial charge in [-0.25, -0.2) is 0 Å². The summed E-state index contributed by atoms with van der Waals surface area (Å²) >= 11 is 0. The summed E-state index contributed by atoms with van der Waals surface area (Å²) in [6, 6.07) is 13.3. The van der Waals surface area contributed by atoms with E-state index in [9.17, 15) is 15.2 Å². The Labute approximate surface area is 202 Å². The van der Waals surface area contributed by atoms with Crippen molar-refractivity contribution in [1.29, 1.82) is 0 Å². The van der Waals surface area contributed by atoms with E-state index < -0.39 is 29.0 Å². The molecule has 1 aliphatic heterocycles. The molecule has 0 unspecified atom stereocenters. The van der Waals surface area contributed by atoms with Crippen molar-refractivity contribution in [3.05, 3.63) is 75.6 Å². The molecule has 12 heteroatoms. The van der Waals surface area contributed by atoms with Gasteiger partial charge in [-0.05, 0) is 23.8 Å². The molecule has 0 radical (unpaired) electrons. The van der Waals surface area contributed by atoms with E-state index in [1.54, 1.807) is 14.0 Å². The van der Waals surface area contributed by atoms with E-state index in [4.69, 9.17) is 14.2 Å². The van der Waals surface area contributed by atoms with Gasteiger partial charge in [0.05, 0.1) is 24.6 Å². The van der Waals surface area contributed by atoms with Gasteiger partial charge in [0.2, 0.25) is 0 Å². The van der Waals surface area contributed by atoms with Crippen LogP contribution in [-0.2, 0) is 29.6 Å². The number of nitro benzene ring substituents is 1. The molecule has 2 heterocycles. The molecule has 35 heavy (non-hydrogen) atoms. The van der Waals surface area contributed by atoms with Crippen molar-refractivity contribution in [2.24, 2.45) is 7.05 Å². The maximum atomic E-state index is 11.8. The summed E-state index contributed by atoms with van der Waals surface area (Å²) in [5.41, 5.74) is -0.00333. The van der Waals surface area contributed by atoms with Crippen molar-refractivity contribution in [3.8, 4) is 5.75 Å². The van der Waals surface area contributed by atoms with Gasteiger partial charge in [0.1, 0.15) is 11.9 Å². The second kappa shape index (κ2) is 10.0. The van der Waals surface area contributed by atoms with Gasteiger partial charge in [0, 0.05) is 38.5 Å². The highest BCUT2D eigenvalue weighted by molar-refractivity contribution is 5.48. The average molecular weight is 485 g/mol. The van der Waals surface area contributed by atoms with E-state index in [1.807, 2.05) is 35.2 Å². The van der Waals surface area contributed by atoms with Gasteiger partial charge in [-0.1, -0.05) is 30.3 Å². The summed E-state index contributed by atoms with van der Waals surface area (Å²) < 4.78 is 17.2. The van der Waals surface area contributed by atoms with Crippen molar-refractivity contribution in [1.82, 2.24) is 25.1 Å². The third-order valence-corrected chi connectivity index (χ3v) is 6.15. The Hall–Kier alpha value is -3.45. The molecule has 0 bridgehead atoms. The molecule has 1 aromatic heterocycles. The molecule has 2 aromatic carbocycles. The number of methoxy groups -OCH3 is 2. The maximum absolute atomic E-state index is 11.8. The second-order valence-corrected chi connectivity index (χ2v) is 8.54. The number of fused-ring (bicyclic) bond motifs is 1. The Bertz CT molecular complexity index is 1170. The fourth-order valence-electron chi connectivity index (χ4n) is 4.54. The quantitative estimate of drug-likeness (QED) is 0.273. The van der Waals surface area contributed by atoms with Crippen LogP contribution in [0.15, 0.2) is 48.5 Å². The minimum Gasteiger partial charge on any atom is -0.479 e. The number of tetrazole rings is 1. The lowest BCUT2D eigenvalue weighted by Crippen LogP contribution is -2.62. The van der Waals surface area contributed by atoms with Crippen LogP contribution in [0, 0.1) is 10.1 Å². The molecule has 0 saturated carbocycles. The standard InChI is InChI=1S/C23H28N6O6/c1-23(22(33-3)34-4)21(30)20(17-12-16(29(31)32)10-11-18(17)35-23)28(13-15-8-6-5-7-9-15)14-19-24-26-27(2)25-19/h5-12,20-22,30H,13-14H2,1-4H3/t20-,21+,23-/m0/s1. The zero-order valence-electron chi connectivity index (χ0n) is 19.9. The Balaban J connectivity index is 1.86. The number of ether oxygens (including phenoxy) is 3. The van der Waals surface area contributed by atoms with E-state index in [0.29, 0.717) is 23.7 Å². The highest BCUT2D eigenvalue weighted by Crippen LogP contribution is 2.46. The fraction of sp³-hybridized carbons (Fsp3) is 0.435. The second-order valence-electron chi connectivity index (χ2n) is 8.54. The van der Waals surface area contributed by atoms with Gasteiger partial charge in [0.25, 0.3) is 5.69 Å². The maximum Gasteiger partial charge on any atom is 0.270 e. The predicted octanol–water partition coefficient (Wildman–Crippen LogP) is 1.99. The van der Waals surface area contributed by atoms with Crippen molar-refractivity contribution >= 4 is 5.69 Å². The highest BCUT2D eigenvalue weighted by Gasteiger charge is 2.54. The predicted molar refractivity (Wildman–Crippen MR) is 123 cm³/mol. The molecule has 0 fully saturated rings. The average Bonchev–Trinajstić information content (AvgIpc) is 3.25. The normalized spacial score (nSPS) is 21.7. The zero-order valence-corrected chi connectivity index (χ0v) is 19.9. The van der Waals surface area contributed by atoms with E-state index in [1.165, 1.54) is 37.2 Å². The molecule has 1 aliphatic rings. The first-order chi connectivity index (χ1) is 16.8. The van der Waals surface area contributed by atoms with Crippen molar-refractivity contribution in [2.75, 3.05) is 14.2 Å². The molecule has 186 valence electrons. The van der Waals surface area contributed by atoms with Crippen LogP contribution in [0.25, 0.3) is 0 Å². The van der Waals surface area contributed by atoms with E-state index >= 15 is 0 Å². The van der Waals surface area contributed by atoms with Crippen LogP contribution in [0.4, 0.5) is 5.69 Å². The van der Waals surface area contributed by atoms with Crippen molar-refractivity contribution < 1.29 is 24.2 Å². The van der Waals surface area contributed by atoms with Gasteiger partial charge in [-0.2, -0.15) is 4.80 Å². The number of aliphatic hydroxyl groups is 1. The summed E-state index contributed by atoms with van der Waals surface area (Å²) in [6.45, 7) is 2.30. The van der Waals surface area contributed by atoms with Gasteiger partial charge < -0.3 is 19.3 Å². The van der Waals surface area contributed by atoms with Gasteiger partial charge >= 0.3 is 0 Å². The largest absolute Gasteiger partial charge is 0.479 e. The van der Waals surface area contributed by atoms with E-state index in [-0.39, 0.29) is 12.2 Å². The monoisotopic (exact) mass is 484 g/mol. The van der Waals surface area contributed by atoms with E-state index in [0.717, 1.165) is 5.56 Å². The molecule has 4 rings (SSSR count). The molecule has 3 atom stereocenters. The Morgan fingerprint density at radius 1 is 1.23 bits per heavy atom. The summed E-state index contributed by atoms with van der Waals surface area (Å²) in [5, 5.41) is 35.7. The SMILES string of the molecule is COC(OC)[C@@]1(C)Oc2ccc([N+](=O)[O-])cc2[C@H](N(Cc2ccccc2)Cc2nnn(C)n2)[C@H]1O. The number of nitrogens with zero attached hydrogens (tertiary/aromatic N) is 6. The lowest BCUT2D eigenvalue weighted by atomic mass is 9.83. The van der Waals surface area contributed by atoms with Crippen molar-refractivity contribution in [3.63, 3.8) is 0 Å². The van der Waals surface area contributed by atoms with Crippen LogP contribution in [0.2, 0.25) is 0 Å². The van der Waals surface area contributed by atoms with Crippen LogP contribution in [0.5, 0.6) is 5.75 Å². The van der Waals surface area contributed by atoms with Crippen LogP contribution in [0.3, 0.4) is 0 Å². The van der Waals surface area contributed by atoms with Gasteiger partial charge in [-0.15, -0.1) is 10.2 Å². The molecule has 0 aliphatic carbocycles. The van der Waals surface area contributed by atoms with Crippen LogP contribution < -0.4 is 4.74 Å². The first-order valence-electron chi connectivity index (χ1n) is 11.0. The van der Waals surface area contributed by atoms with Gasteiger partial charge in [-0.3, -0.25) is 15.0 Å². The molecule has 0 saturated heterocycles. The van der Waals surface area contributed by atoms with E-state index in [2.05, 4.69) is 15.4 Å². The number of nitro groups is 1. The number of aliphatic hydroxyl groups excluding tert-OH is 1. The molecule has 1 N–H and O–H groups in total. The molecule has 3 aromatic rings. The highest BCUT2D eigenvalue weighted by atomic mass is 16.7. The summed E-state index contributed by atoms with van der Waals surface area (Å²) in [7, 11) is 4.58. The van der Waals surface area contributed by atoms with Gasteiger partial charge in [0.15, 0.2) is 17.7 Å². The molecular weight excluding hydrogens is 456 g/mol. The third kappa shape index (κ3) is 4.86. The number of rotatable bonds is 9. The number of hydrogen-bond acceptors (Lipinski definition) is 10. The minimum atomic E-state index is -1.33. The Morgan fingerprint density at radius 2 is 1.94 bits per heavy atom. The summed E-state index contributed by atoms with van der Waals surface area (Å²) in [5.74, 6) is 0.823. The molecule has 0 amide bonds. The zero-order chi connectivity index (χ0) is 25.2. The van der Waals surface area contributed by atoms with Crippen LogP contribution in [-0.4, -0.2) is 67.4 Å². The van der Waals surface area contributed by atoms with Crippen LogP contribution >= 0.6 is 0 Å². The molecule has 0 spiro atoms. The summed E-state index contributed by atoms with van der Waals surface area (Å²) in [4.78, 5) is 14.4. The Kier molecular flexibility index (Phi) is 7.08. The van der Waals surface area contributed by atoms with Crippen molar-refractivity contribution in [2.45, 2.75) is 44.1 Å². The minimum absolute atomic E-state index is 0.111. The molecule has 12 nitrogen and oxygen atoms in total. The fourth-order valence-corrected chi connectivity index (χ4v) is 4.54. The Morgan fingerprint density at radius 3 is 2.54 bits per heavy atom. The topological polar surface area (TPSA) is 138 Å². The summed E-state index contributed by atoms with van der Waals surface area (Å²) in [6.07, 6.45) is -2.13. The number of benzene rings is 2. The number of aromatic nitrogens is 4. The smallest absolute Gasteiger partial charge is 0.270 e. The number of aryl methyl sites for hydroxylation is 1. The number of non-ortho nitro benzene ring substituents is 1. The first kappa shape index (κ1) is 24.7. The first-order valence-corrected chi connectivity index (χ1v) is 11.0. The van der Waals surface area contributed by atoms with Crippen LogP contribution in [0.1, 0.15) is 29.9 Å².